The first kappa shape index (κ1) is 12.8. The summed E-state index contributed by atoms with van der Waals surface area (Å²) in [6.45, 7) is 0. The van der Waals surface area contributed by atoms with Crippen LogP contribution in [0.15, 0.2) is 17.2 Å². The van der Waals surface area contributed by atoms with Gasteiger partial charge in [0.2, 0.25) is 0 Å². The molecule has 1 aromatic carbocycles. The molecular formula is C9H10F2N4O2. The van der Waals surface area contributed by atoms with Gasteiger partial charge in [0.15, 0.2) is 0 Å². The molecule has 0 saturated heterocycles. The smallest absolute Gasteiger partial charge is 0.307 e. The Kier molecular flexibility index (Phi) is 3.94. The number of hydrazone groups is 1. The molecule has 1 rings (SSSR count). The quantitative estimate of drug-likeness (QED) is 0.303. The summed E-state index contributed by atoms with van der Waals surface area (Å²) in [5, 5.41) is 12.2. The molecular weight excluding hydrogens is 234 g/mol. The van der Waals surface area contributed by atoms with Crippen molar-refractivity contribution in [2.45, 2.75) is 6.42 Å². The van der Waals surface area contributed by atoms with Crippen molar-refractivity contribution in [1.82, 2.24) is 0 Å². The molecule has 5 N–H and O–H groups in total. The van der Waals surface area contributed by atoms with Gasteiger partial charge in [0.25, 0.3) is 0 Å². The zero-order chi connectivity index (χ0) is 13.0. The second-order valence-corrected chi connectivity index (χ2v) is 3.14. The number of carboxylic acids is 1. The van der Waals surface area contributed by atoms with E-state index in [9.17, 15) is 13.6 Å². The first-order valence-electron chi connectivity index (χ1n) is 4.42. The van der Waals surface area contributed by atoms with Gasteiger partial charge in [-0.15, -0.1) is 0 Å². The summed E-state index contributed by atoms with van der Waals surface area (Å²) in [6, 6.07) is 1.54. The van der Waals surface area contributed by atoms with E-state index in [-0.39, 0.29) is 11.3 Å². The lowest BCUT2D eigenvalue weighted by Crippen LogP contribution is -2.30. The molecule has 0 aliphatic carbocycles. The lowest BCUT2D eigenvalue weighted by atomic mass is 10.1. The Morgan fingerprint density at radius 2 is 2.12 bits per heavy atom. The molecule has 0 bridgehead atoms. The molecule has 17 heavy (non-hydrogen) atoms. The van der Waals surface area contributed by atoms with Crippen LogP contribution in [-0.4, -0.2) is 17.4 Å². The maximum Gasteiger partial charge on any atom is 0.307 e. The van der Waals surface area contributed by atoms with Crippen LogP contribution in [-0.2, 0) is 11.2 Å². The van der Waals surface area contributed by atoms with Crippen LogP contribution in [0.25, 0.3) is 0 Å². The molecule has 0 aliphatic heterocycles. The minimum Gasteiger partial charge on any atom is -0.481 e. The lowest BCUT2D eigenvalue weighted by Gasteiger charge is -2.14. The second-order valence-electron chi connectivity index (χ2n) is 3.14. The minimum absolute atomic E-state index is 0.267. The van der Waals surface area contributed by atoms with Gasteiger partial charge in [0.05, 0.1) is 12.1 Å². The molecule has 0 unspecified atom stereocenters. The maximum absolute atomic E-state index is 13.5. The number of hydrazine groups is 1. The summed E-state index contributed by atoms with van der Waals surface area (Å²) in [6.07, 6.45) is 0.271. The number of carbonyl (C=O) groups is 1. The third-order valence-corrected chi connectivity index (χ3v) is 1.93. The monoisotopic (exact) mass is 244 g/mol. The zero-order valence-corrected chi connectivity index (χ0v) is 8.60. The van der Waals surface area contributed by atoms with E-state index in [0.29, 0.717) is 5.01 Å². The molecule has 0 amide bonds. The van der Waals surface area contributed by atoms with E-state index in [1.807, 2.05) is 0 Å². The summed E-state index contributed by atoms with van der Waals surface area (Å²) < 4.78 is 26.9. The molecule has 1 aromatic rings. The fourth-order valence-corrected chi connectivity index (χ4v) is 1.21. The van der Waals surface area contributed by atoms with Crippen molar-refractivity contribution < 1.29 is 18.7 Å². The molecule has 0 aliphatic rings. The first-order chi connectivity index (χ1) is 7.95. The number of halogens is 2. The van der Waals surface area contributed by atoms with Gasteiger partial charge in [-0.1, -0.05) is 0 Å². The van der Waals surface area contributed by atoms with Gasteiger partial charge < -0.3 is 10.9 Å². The van der Waals surface area contributed by atoms with E-state index >= 15 is 0 Å². The molecule has 92 valence electrons. The molecule has 0 radical (unpaired) electrons. The van der Waals surface area contributed by atoms with Crippen molar-refractivity contribution in [2.24, 2.45) is 16.8 Å². The Hall–Kier alpha value is -2.22. The summed E-state index contributed by atoms with van der Waals surface area (Å²) in [4.78, 5) is 10.4. The van der Waals surface area contributed by atoms with E-state index < -0.39 is 24.0 Å². The normalized spacial score (nSPS) is 10.8. The predicted molar refractivity (Wildman–Crippen MR) is 57.0 cm³/mol. The van der Waals surface area contributed by atoms with Crippen LogP contribution in [0, 0.1) is 11.6 Å². The molecule has 0 saturated carbocycles. The van der Waals surface area contributed by atoms with Gasteiger partial charge in [-0.25, -0.2) is 14.6 Å². The van der Waals surface area contributed by atoms with Crippen LogP contribution in [0.5, 0.6) is 0 Å². The Labute approximate surface area is 95.1 Å². The standard InChI is InChI=1S/C9H10F2N4O2/c10-6-3-8(15(13)4-14-12)7(11)1-5(6)2-9(16)17/h1,3-4H,2,12-13H2,(H,16,17)/b14-4-. The highest BCUT2D eigenvalue weighted by atomic mass is 19.1. The van der Waals surface area contributed by atoms with Crippen molar-refractivity contribution in [2.75, 3.05) is 5.01 Å². The van der Waals surface area contributed by atoms with Crippen LogP contribution >= 0.6 is 0 Å². The molecule has 0 aromatic heterocycles. The number of hydrogen-bond donors (Lipinski definition) is 3. The Bertz CT molecular complexity index is 465. The fraction of sp³-hybridized carbons (Fsp3) is 0.111. The van der Waals surface area contributed by atoms with Gasteiger partial charge in [-0.05, 0) is 6.07 Å². The fourth-order valence-electron chi connectivity index (χ4n) is 1.21. The van der Waals surface area contributed by atoms with E-state index in [4.69, 9.17) is 16.8 Å². The maximum atomic E-state index is 13.5. The van der Waals surface area contributed by atoms with Crippen molar-refractivity contribution in [3.8, 4) is 0 Å². The van der Waals surface area contributed by atoms with E-state index in [1.165, 1.54) is 0 Å². The van der Waals surface area contributed by atoms with Gasteiger partial charge in [-0.2, -0.15) is 5.10 Å². The number of carboxylic acid groups (broad SMARTS) is 1. The number of nitrogens with two attached hydrogens (primary N) is 2. The van der Waals surface area contributed by atoms with Gasteiger partial charge >= 0.3 is 5.97 Å². The largest absolute Gasteiger partial charge is 0.481 e. The van der Waals surface area contributed by atoms with E-state index in [2.05, 4.69) is 5.10 Å². The Morgan fingerprint density at radius 1 is 1.47 bits per heavy atom. The summed E-state index contributed by atoms with van der Waals surface area (Å²) in [5.74, 6) is 7.11. The second kappa shape index (κ2) is 5.21. The number of anilines is 1. The number of aliphatic carboxylic acids is 1. The van der Waals surface area contributed by atoms with Gasteiger partial charge in [0.1, 0.15) is 18.0 Å². The van der Waals surface area contributed by atoms with Crippen LogP contribution in [0.3, 0.4) is 0 Å². The van der Waals surface area contributed by atoms with Gasteiger partial charge in [0, 0.05) is 11.6 Å². The van der Waals surface area contributed by atoms with Crippen molar-refractivity contribution in [3.63, 3.8) is 0 Å². The van der Waals surface area contributed by atoms with E-state index in [1.54, 1.807) is 0 Å². The van der Waals surface area contributed by atoms with Crippen LogP contribution in [0.1, 0.15) is 5.56 Å². The Morgan fingerprint density at radius 3 is 2.65 bits per heavy atom. The average Bonchev–Trinajstić information content (AvgIpc) is 2.22. The molecule has 0 heterocycles. The number of hydrogen-bond acceptors (Lipinski definition) is 4. The third kappa shape index (κ3) is 3.11. The zero-order valence-electron chi connectivity index (χ0n) is 8.60. The molecule has 0 spiro atoms. The highest BCUT2D eigenvalue weighted by molar-refractivity contribution is 5.78. The summed E-state index contributed by atoms with van der Waals surface area (Å²) in [7, 11) is 0. The SMILES string of the molecule is N/N=C\N(N)c1cc(F)c(CC(=O)O)cc1F. The first-order valence-corrected chi connectivity index (χ1v) is 4.42. The Balaban J connectivity index is 3.13. The predicted octanol–water partition coefficient (Wildman–Crippen LogP) is 0.174. The van der Waals surface area contributed by atoms with Crippen LogP contribution in [0.4, 0.5) is 14.5 Å². The summed E-state index contributed by atoms with van der Waals surface area (Å²) >= 11 is 0. The van der Waals surface area contributed by atoms with Crippen LogP contribution in [0.2, 0.25) is 0 Å². The third-order valence-electron chi connectivity index (χ3n) is 1.93. The van der Waals surface area contributed by atoms with Crippen molar-refractivity contribution in [1.29, 1.82) is 0 Å². The molecule has 6 nitrogen and oxygen atoms in total. The van der Waals surface area contributed by atoms with E-state index in [0.717, 1.165) is 18.5 Å². The molecule has 8 heteroatoms. The highest BCUT2D eigenvalue weighted by Crippen LogP contribution is 2.21. The highest BCUT2D eigenvalue weighted by Gasteiger charge is 2.14. The molecule has 0 atom stereocenters. The van der Waals surface area contributed by atoms with Crippen LogP contribution < -0.4 is 16.7 Å². The number of rotatable bonds is 4. The van der Waals surface area contributed by atoms with Gasteiger partial charge in [-0.3, -0.25) is 9.80 Å². The van der Waals surface area contributed by atoms with Crippen molar-refractivity contribution in [3.05, 3.63) is 29.3 Å². The number of nitrogens with zero attached hydrogens (tertiary/aromatic N) is 2. The van der Waals surface area contributed by atoms with Crippen molar-refractivity contribution >= 4 is 18.0 Å². The summed E-state index contributed by atoms with van der Waals surface area (Å²) in [5.41, 5.74) is -0.567. The molecule has 0 fully saturated rings. The minimum atomic E-state index is -1.26. The average molecular weight is 244 g/mol. The lowest BCUT2D eigenvalue weighted by molar-refractivity contribution is -0.136. The number of benzene rings is 1. The topological polar surface area (TPSA) is 105 Å².